The second-order valence-corrected chi connectivity index (χ2v) is 6.98. The first-order valence-corrected chi connectivity index (χ1v) is 8.11. The maximum Gasteiger partial charge on any atom is 0.304 e. The Bertz CT molecular complexity index is 650. The molecule has 1 fully saturated rings. The molecule has 0 amide bonds. The summed E-state index contributed by atoms with van der Waals surface area (Å²) in [5, 5.41) is 8.87. The van der Waals surface area contributed by atoms with Crippen LogP contribution in [-0.4, -0.2) is 42.2 Å². The summed E-state index contributed by atoms with van der Waals surface area (Å²) in [6.07, 6.45) is 1.02. The number of sulfonamides is 1. The average Bonchev–Trinajstić information content (AvgIpc) is 2.86. The SMILES string of the molecule is CC(=O)c1ccc(S(=O)(=O)N2CCCC2CC(=O)O)cc1. The van der Waals surface area contributed by atoms with Crippen LogP contribution in [0.4, 0.5) is 0 Å². The smallest absolute Gasteiger partial charge is 0.304 e. The van der Waals surface area contributed by atoms with Crippen molar-refractivity contribution in [1.29, 1.82) is 0 Å². The van der Waals surface area contributed by atoms with E-state index in [1.54, 1.807) is 0 Å². The molecule has 0 saturated carbocycles. The van der Waals surface area contributed by atoms with Crippen LogP contribution in [0, 0.1) is 0 Å². The van der Waals surface area contributed by atoms with Gasteiger partial charge in [0.2, 0.25) is 10.0 Å². The van der Waals surface area contributed by atoms with Crippen molar-refractivity contribution in [2.75, 3.05) is 6.54 Å². The summed E-state index contributed by atoms with van der Waals surface area (Å²) >= 11 is 0. The number of hydrogen-bond acceptors (Lipinski definition) is 4. The van der Waals surface area contributed by atoms with Crippen LogP contribution >= 0.6 is 0 Å². The van der Waals surface area contributed by atoms with Crippen molar-refractivity contribution in [1.82, 2.24) is 4.31 Å². The predicted molar refractivity (Wildman–Crippen MR) is 75.6 cm³/mol. The summed E-state index contributed by atoms with van der Waals surface area (Å²) < 4.78 is 26.4. The van der Waals surface area contributed by atoms with Crippen LogP contribution in [-0.2, 0) is 14.8 Å². The number of ketones is 1. The maximum absolute atomic E-state index is 12.6. The Kier molecular flexibility index (Phi) is 4.43. The van der Waals surface area contributed by atoms with Gasteiger partial charge in [0.15, 0.2) is 5.78 Å². The number of carboxylic acid groups (broad SMARTS) is 1. The molecule has 7 heteroatoms. The summed E-state index contributed by atoms with van der Waals surface area (Å²) in [6, 6.07) is 5.22. The second-order valence-electron chi connectivity index (χ2n) is 5.09. The molecular formula is C14H17NO5S. The lowest BCUT2D eigenvalue weighted by Crippen LogP contribution is -2.36. The number of benzene rings is 1. The van der Waals surface area contributed by atoms with Gasteiger partial charge in [-0.2, -0.15) is 4.31 Å². The fourth-order valence-corrected chi connectivity index (χ4v) is 4.22. The molecule has 6 nitrogen and oxygen atoms in total. The van der Waals surface area contributed by atoms with Gasteiger partial charge in [-0.3, -0.25) is 9.59 Å². The zero-order chi connectivity index (χ0) is 15.6. The third kappa shape index (κ3) is 3.30. The number of Topliss-reactive ketones (excluding diaryl/α,β-unsaturated/α-hetero) is 1. The van der Waals surface area contributed by atoms with Gasteiger partial charge in [-0.25, -0.2) is 8.42 Å². The van der Waals surface area contributed by atoms with Crippen molar-refractivity contribution >= 4 is 21.8 Å². The fraction of sp³-hybridized carbons (Fsp3) is 0.429. The molecule has 0 bridgehead atoms. The Morgan fingerprint density at radius 2 is 1.90 bits per heavy atom. The highest BCUT2D eigenvalue weighted by Gasteiger charge is 2.36. The van der Waals surface area contributed by atoms with Gasteiger partial charge in [0, 0.05) is 18.2 Å². The molecule has 0 aromatic heterocycles. The fourth-order valence-electron chi connectivity index (χ4n) is 2.53. The van der Waals surface area contributed by atoms with Crippen LogP contribution < -0.4 is 0 Å². The summed E-state index contributed by atoms with van der Waals surface area (Å²) in [5.74, 6) is -1.14. The molecule has 114 valence electrons. The minimum absolute atomic E-state index is 0.0878. The highest BCUT2D eigenvalue weighted by Crippen LogP contribution is 2.28. The molecule has 1 aliphatic rings. The Hall–Kier alpha value is -1.73. The number of carbonyl (C=O) groups is 2. The van der Waals surface area contributed by atoms with Gasteiger partial charge in [-0.15, -0.1) is 0 Å². The van der Waals surface area contributed by atoms with Crippen molar-refractivity contribution in [3.8, 4) is 0 Å². The first-order valence-electron chi connectivity index (χ1n) is 6.67. The van der Waals surface area contributed by atoms with E-state index in [1.807, 2.05) is 0 Å². The van der Waals surface area contributed by atoms with Gasteiger partial charge < -0.3 is 5.11 Å². The Balaban J connectivity index is 2.28. The monoisotopic (exact) mass is 311 g/mol. The van der Waals surface area contributed by atoms with E-state index in [9.17, 15) is 18.0 Å². The van der Waals surface area contributed by atoms with Gasteiger partial charge in [-0.05, 0) is 31.9 Å². The molecule has 1 atom stereocenters. The second kappa shape index (κ2) is 5.95. The number of carbonyl (C=O) groups excluding carboxylic acids is 1. The van der Waals surface area contributed by atoms with E-state index in [1.165, 1.54) is 35.5 Å². The molecule has 1 heterocycles. The van der Waals surface area contributed by atoms with Crippen LogP contribution in [0.3, 0.4) is 0 Å². The molecule has 21 heavy (non-hydrogen) atoms. The zero-order valence-electron chi connectivity index (χ0n) is 11.7. The van der Waals surface area contributed by atoms with Crippen LogP contribution in [0.1, 0.15) is 36.5 Å². The molecule has 1 aromatic carbocycles. The van der Waals surface area contributed by atoms with Gasteiger partial charge in [0.1, 0.15) is 0 Å². The third-order valence-electron chi connectivity index (χ3n) is 3.60. The number of rotatable bonds is 5. The lowest BCUT2D eigenvalue weighted by atomic mass is 10.2. The Morgan fingerprint density at radius 3 is 2.43 bits per heavy atom. The van der Waals surface area contributed by atoms with E-state index in [0.717, 1.165) is 0 Å². The molecule has 0 aliphatic carbocycles. The zero-order valence-corrected chi connectivity index (χ0v) is 12.5. The van der Waals surface area contributed by atoms with Gasteiger partial charge >= 0.3 is 5.97 Å². The van der Waals surface area contributed by atoms with E-state index in [2.05, 4.69) is 0 Å². The first kappa shape index (κ1) is 15.7. The largest absolute Gasteiger partial charge is 0.481 e. The van der Waals surface area contributed by atoms with Gasteiger partial charge in [-0.1, -0.05) is 12.1 Å². The van der Waals surface area contributed by atoms with Gasteiger partial charge in [0.25, 0.3) is 0 Å². The minimum Gasteiger partial charge on any atom is -0.481 e. The van der Waals surface area contributed by atoms with Crippen LogP contribution in [0.15, 0.2) is 29.2 Å². The van der Waals surface area contributed by atoms with Crippen molar-refractivity contribution in [3.63, 3.8) is 0 Å². The number of aliphatic carboxylic acids is 1. The highest BCUT2D eigenvalue weighted by molar-refractivity contribution is 7.89. The standard InChI is InChI=1S/C14H17NO5S/c1-10(16)11-4-6-13(7-5-11)21(19,20)15-8-2-3-12(15)9-14(17)18/h4-7,12H,2-3,8-9H2,1H3,(H,17,18). The maximum atomic E-state index is 12.6. The molecule has 2 rings (SSSR count). The Morgan fingerprint density at radius 1 is 1.29 bits per heavy atom. The van der Waals surface area contributed by atoms with Crippen LogP contribution in [0.2, 0.25) is 0 Å². The quantitative estimate of drug-likeness (QED) is 0.832. The molecule has 1 saturated heterocycles. The summed E-state index contributed by atoms with van der Waals surface area (Å²) in [7, 11) is -3.72. The number of nitrogens with zero attached hydrogens (tertiary/aromatic N) is 1. The predicted octanol–water partition coefficient (Wildman–Crippen LogP) is 1.52. The molecule has 1 aromatic rings. The van der Waals surface area contributed by atoms with E-state index < -0.39 is 22.0 Å². The average molecular weight is 311 g/mol. The topological polar surface area (TPSA) is 91.8 Å². The van der Waals surface area contributed by atoms with E-state index in [0.29, 0.717) is 24.9 Å². The molecular weight excluding hydrogens is 294 g/mol. The molecule has 1 N–H and O–H groups in total. The molecule has 0 radical (unpaired) electrons. The normalized spacial score (nSPS) is 19.6. The van der Waals surface area contributed by atoms with Crippen molar-refractivity contribution in [2.24, 2.45) is 0 Å². The summed E-state index contributed by atoms with van der Waals surface area (Å²) in [6.45, 7) is 1.74. The lowest BCUT2D eigenvalue weighted by molar-refractivity contribution is -0.137. The van der Waals surface area contributed by atoms with Crippen LogP contribution in [0.5, 0.6) is 0 Å². The van der Waals surface area contributed by atoms with E-state index >= 15 is 0 Å². The molecule has 1 aliphatic heterocycles. The van der Waals surface area contributed by atoms with Gasteiger partial charge in [0.05, 0.1) is 11.3 Å². The Labute approximate surface area is 123 Å². The highest BCUT2D eigenvalue weighted by atomic mass is 32.2. The third-order valence-corrected chi connectivity index (χ3v) is 5.57. The van der Waals surface area contributed by atoms with Crippen molar-refractivity contribution < 1.29 is 23.1 Å². The molecule has 0 spiro atoms. The van der Waals surface area contributed by atoms with E-state index in [-0.39, 0.29) is 17.1 Å². The van der Waals surface area contributed by atoms with E-state index in [4.69, 9.17) is 5.11 Å². The summed E-state index contributed by atoms with van der Waals surface area (Å²) in [4.78, 5) is 22.1. The van der Waals surface area contributed by atoms with Crippen LogP contribution in [0.25, 0.3) is 0 Å². The molecule has 1 unspecified atom stereocenters. The number of carboxylic acids is 1. The minimum atomic E-state index is -3.72. The van der Waals surface area contributed by atoms with Crippen molar-refractivity contribution in [3.05, 3.63) is 29.8 Å². The first-order chi connectivity index (χ1) is 9.82. The van der Waals surface area contributed by atoms with Crippen molar-refractivity contribution in [2.45, 2.75) is 37.1 Å². The lowest BCUT2D eigenvalue weighted by Gasteiger charge is -2.22. The number of hydrogen-bond donors (Lipinski definition) is 1. The summed E-state index contributed by atoms with van der Waals surface area (Å²) in [5.41, 5.74) is 0.442.